The number of carbonyl (C=O) groups excluding carboxylic acids is 1. The van der Waals surface area contributed by atoms with Crippen molar-refractivity contribution in [1.29, 1.82) is 0 Å². The van der Waals surface area contributed by atoms with Crippen LogP contribution in [0.4, 0.5) is 0 Å². The average molecular weight is 540 g/mol. The van der Waals surface area contributed by atoms with Gasteiger partial charge in [-0.1, -0.05) is 29.8 Å². The van der Waals surface area contributed by atoms with E-state index in [1.165, 1.54) is 5.56 Å². The van der Waals surface area contributed by atoms with E-state index in [1.54, 1.807) is 0 Å². The van der Waals surface area contributed by atoms with Gasteiger partial charge in [0.15, 0.2) is 12.6 Å². The van der Waals surface area contributed by atoms with Gasteiger partial charge in [-0.05, 0) is 50.6 Å². The molecule has 0 atom stereocenters. The number of amides is 1. The molecular formula is C23H33IN4O3. The summed E-state index contributed by atoms with van der Waals surface area (Å²) in [5, 5.41) is 9.21. The van der Waals surface area contributed by atoms with Crippen LogP contribution in [-0.2, 0) is 11.3 Å². The van der Waals surface area contributed by atoms with Gasteiger partial charge in [0.05, 0.1) is 13.1 Å². The maximum absolute atomic E-state index is 11.5. The van der Waals surface area contributed by atoms with E-state index in [2.05, 4.69) is 27.9 Å². The van der Waals surface area contributed by atoms with Crippen LogP contribution >= 0.6 is 24.0 Å². The molecule has 0 fully saturated rings. The van der Waals surface area contributed by atoms with Crippen LogP contribution in [0, 0.1) is 6.92 Å². The Bertz CT molecular complexity index is 813. The monoisotopic (exact) mass is 540 g/mol. The second-order valence-corrected chi connectivity index (χ2v) is 6.67. The van der Waals surface area contributed by atoms with E-state index in [4.69, 9.17) is 9.47 Å². The summed E-state index contributed by atoms with van der Waals surface area (Å²) < 4.78 is 11.3. The predicted octanol–water partition coefficient (Wildman–Crippen LogP) is 3.26. The fourth-order valence-corrected chi connectivity index (χ4v) is 2.62. The molecule has 0 unspecified atom stereocenters. The first-order valence-electron chi connectivity index (χ1n) is 10.3. The molecule has 0 saturated heterocycles. The van der Waals surface area contributed by atoms with Crippen molar-refractivity contribution in [2.75, 3.05) is 32.8 Å². The summed E-state index contributed by atoms with van der Waals surface area (Å²) in [4.78, 5) is 16.1. The molecule has 2 aromatic rings. The second-order valence-electron chi connectivity index (χ2n) is 6.67. The van der Waals surface area contributed by atoms with E-state index in [0.29, 0.717) is 32.0 Å². The van der Waals surface area contributed by atoms with Crippen molar-refractivity contribution in [3.8, 4) is 11.5 Å². The fraction of sp³-hybridized carbons (Fsp3) is 0.391. The van der Waals surface area contributed by atoms with Gasteiger partial charge in [0.25, 0.3) is 5.91 Å². The molecule has 8 heteroatoms. The molecule has 0 aliphatic rings. The van der Waals surface area contributed by atoms with Gasteiger partial charge in [0, 0.05) is 13.1 Å². The third-order valence-corrected chi connectivity index (χ3v) is 4.09. The van der Waals surface area contributed by atoms with E-state index < -0.39 is 0 Å². The Morgan fingerprint density at radius 1 is 0.935 bits per heavy atom. The summed E-state index contributed by atoms with van der Waals surface area (Å²) in [6, 6.07) is 15.6. The number of hydrogen-bond acceptors (Lipinski definition) is 4. The Kier molecular flexibility index (Phi) is 13.1. The highest BCUT2D eigenvalue weighted by molar-refractivity contribution is 14.0. The van der Waals surface area contributed by atoms with E-state index in [1.807, 2.05) is 62.4 Å². The molecule has 2 rings (SSSR count). The molecule has 0 bridgehead atoms. The molecule has 0 spiro atoms. The highest BCUT2D eigenvalue weighted by atomic mass is 127. The van der Waals surface area contributed by atoms with Crippen LogP contribution in [0.2, 0.25) is 0 Å². The Morgan fingerprint density at radius 2 is 1.68 bits per heavy atom. The topological polar surface area (TPSA) is 84.0 Å². The largest absolute Gasteiger partial charge is 0.492 e. The van der Waals surface area contributed by atoms with Crippen LogP contribution in [-0.4, -0.2) is 44.7 Å². The van der Waals surface area contributed by atoms with Gasteiger partial charge in [0.2, 0.25) is 0 Å². The van der Waals surface area contributed by atoms with Crippen LogP contribution in [0.15, 0.2) is 53.5 Å². The summed E-state index contributed by atoms with van der Waals surface area (Å²) in [5.41, 5.74) is 2.21. The maximum atomic E-state index is 11.5. The minimum Gasteiger partial charge on any atom is -0.492 e. The molecule has 2 aromatic carbocycles. The van der Waals surface area contributed by atoms with Crippen LogP contribution in [0.5, 0.6) is 11.5 Å². The zero-order valence-corrected chi connectivity index (χ0v) is 20.8. The number of likely N-dealkylation sites (N-methyl/N-ethyl adjacent to an activating group) is 1. The normalized spacial score (nSPS) is 10.6. The molecule has 170 valence electrons. The summed E-state index contributed by atoms with van der Waals surface area (Å²) >= 11 is 0. The number of aryl methyl sites for hydroxylation is 1. The van der Waals surface area contributed by atoms with Crippen molar-refractivity contribution < 1.29 is 14.3 Å². The van der Waals surface area contributed by atoms with E-state index in [9.17, 15) is 4.79 Å². The summed E-state index contributed by atoms with van der Waals surface area (Å²) in [7, 11) is 0. The molecule has 0 aliphatic carbocycles. The first kappa shape index (κ1) is 26.5. The lowest BCUT2D eigenvalue weighted by Gasteiger charge is -2.12. The third-order valence-electron chi connectivity index (χ3n) is 4.09. The van der Waals surface area contributed by atoms with Gasteiger partial charge in [0.1, 0.15) is 18.1 Å². The number of nitrogens with one attached hydrogen (secondary N) is 3. The lowest BCUT2D eigenvalue weighted by atomic mass is 10.2. The number of halogens is 1. The SMILES string of the molecule is CCNC(=O)COc1cccc(CN=C(NCC)NCCOc2ccc(C)cc2)c1.I. The van der Waals surface area contributed by atoms with Crippen LogP contribution in [0.25, 0.3) is 0 Å². The quantitative estimate of drug-likeness (QED) is 0.177. The van der Waals surface area contributed by atoms with Crippen LogP contribution in [0.1, 0.15) is 25.0 Å². The molecule has 0 aromatic heterocycles. The van der Waals surface area contributed by atoms with Crippen molar-refractivity contribution >= 4 is 35.8 Å². The Hall–Kier alpha value is -2.49. The zero-order chi connectivity index (χ0) is 21.6. The minimum absolute atomic E-state index is 0. The minimum atomic E-state index is -0.132. The standard InChI is InChI=1S/C23H32N4O3.HI/c1-4-24-22(28)17-30-21-8-6-7-19(15-21)16-27-23(25-5-2)26-13-14-29-20-11-9-18(3)10-12-20;/h6-12,15H,4-5,13-14,16-17H2,1-3H3,(H,24,28)(H2,25,26,27);1H. The van der Waals surface area contributed by atoms with Gasteiger partial charge in [-0.3, -0.25) is 4.79 Å². The van der Waals surface area contributed by atoms with Gasteiger partial charge in [-0.25, -0.2) is 4.99 Å². The average Bonchev–Trinajstić information content (AvgIpc) is 2.75. The van der Waals surface area contributed by atoms with Gasteiger partial charge < -0.3 is 25.4 Å². The Balaban J connectivity index is 0.00000480. The Labute approximate surface area is 202 Å². The van der Waals surface area contributed by atoms with Gasteiger partial charge >= 0.3 is 0 Å². The van der Waals surface area contributed by atoms with E-state index in [-0.39, 0.29) is 36.5 Å². The number of benzene rings is 2. The molecule has 0 heterocycles. The molecular weight excluding hydrogens is 507 g/mol. The second kappa shape index (κ2) is 15.3. The van der Waals surface area contributed by atoms with Crippen LogP contribution in [0.3, 0.4) is 0 Å². The van der Waals surface area contributed by atoms with Gasteiger partial charge in [-0.15, -0.1) is 24.0 Å². The smallest absolute Gasteiger partial charge is 0.257 e. The summed E-state index contributed by atoms with van der Waals surface area (Å²) in [6.45, 7) is 8.98. The number of aliphatic imine (C=N–C) groups is 1. The predicted molar refractivity (Wildman–Crippen MR) is 136 cm³/mol. The number of nitrogens with zero attached hydrogens (tertiary/aromatic N) is 1. The Morgan fingerprint density at radius 3 is 2.39 bits per heavy atom. The number of rotatable bonds is 11. The zero-order valence-electron chi connectivity index (χ0n) is 18.4. The fourth-order valence-electron chi connectivity index (χ4n) is 2.62. The number of ether oxygens (including phenoxy) is 2. The highest BCUT2D eigenvalue weighted by Gasteiger charge is 2.03. The summed E-state index contributed by atoms with van der Waals surface area (Å²) in [6.07, 6.45) is 0. The number of hydrogen-bond donors (Lipinski definition) is 3. The molecule has 31 heavy (non-hydrogen) atoms. The van der Waals surface area contributed by atoms with Crippen molar-refractivity contribution in [3.63, 3.8) is 0 Å². The highest BCUT2D eigenvalue weighted by Crippen LogP contribution is 2.14. The molecule has 1 amide bonds. The van der Waals surface area contributed by atoms with Crippen molar-refractivity contribution in [3.05, 3.63) is 59.7 Å². The number of guanidine groups is 1. The first-order valence-corrected chi connectivity index (χ1v) is 10.3. The van der Waals surface area contributed by atoms with Crippen molar-refractivity contribution in [2.24, 2.45) is 4.99 Å². The third kappa shape index (κ3) is 10.9. The first-order chi connectivity index (χ1) is 14.6. The summed E-state index contributed by atoms with van der Waals surface area (Å²) in [5.74, 6) is 2.10. The van der Waals surface area contributed by atoms with E-state index in [0.717, 1.165) is 23.8 Å². The van der Waals surface area contributed by atoms with Crippen molar-refractivity contribution in [2.45, 2.75) is 27.3 Å². The molecule has 0 radical (unpaired) electrons. The maximum Gasteiger partial charge on any atom is 0.257 e. The van der Waals surface area contributed by atoms with E-state index >= 15 is 0 Å². The van der Waals surface area contributed by atoms with Gasteiger partial charge in [-0.2, -0.15) is 0 Å². The van der Waals surface area contributed by atoms with Crippen LogP contribution < -0.4 is 25.4 Å². The molecule has 3 N–H and O–H groups in total. The molecule has 0 saturated carbocycles. The number of carbonyl (C=O) groups is 1. The molecule has 0 aliphatic heterocycles. The molecule has 7 nitrogen and oxygen atoms in total. The lowest BCUT2D eigenvalue weighted by Crippen LogP contribution is -2.39. The van der Waals surface area contributed by atoms with Crippen molar-refractivity contribution in [1.82, 2.24) is 16.0 Å². The lowest BCUT2D eigenvalue weighted by molar-refractivity contribution is -0.122.